The number of likely N-dealkylation sites (tertiary alicyclic amines) is 1. The molecule has 208 valence electrons. The standard InChI is InChI=1S/C28H38F2N2O5Si/c1-28(2,3)38(5,6)37-24-22(33)20(26(34)31-4)32(17-18-13-9-7-10-14-18)21(25(29)30)23(24)36-27(35)19-15-11-8-12-16-19/h7-16,20-25,33H,17H2,1-6H3,(H,31,34)/t20-,21-,22-,23+,24+/m0/s1. The number of alkyl halides is 2. The number of hydrogen-bond donors (Lipinski definition) is 2. The number of carbonyl (C=O) groups is 2. The number of esters is 1. The van der Waals surface area contributed by atoms with Crippen LogP contribution in [-0.2, 0) is 20.5 Å². The number of aliphatic hydroxyl groups is 1. The van der Waals surface area contributed by atoms with E-state index in [-0.39, 0.29) is 17.1 Å². The summed E-state index contributed by atoms with van der Waals surface area (Å²) >= 11 is 0. The zero-order valence-electron chi connectivity index (χ0n) is 22.7. The monoisotopic (exact) mass is 548 g/mol. The molecule has 1 aliphatic heterocycles. The van der Waals surface area contributed by atoms with Crippen molar-refractivity contribution < 1.29 is 32.6 Å². The van der Waals surface area contributed by atoms with Gasteiger partial charge in [0, 0.05) is 13.6 Å². The van der Waals surface area contributed by atoms with E-state index in [1.165, 1.54) is 24.1 Å². The van der Waals surface area contributed by atoms with Gasteiger partial charge in [0.2, 0.25) is 5.91 Å². The molecule has 0 bridgehead atoms. The predicted octanol–water partition coefficient (Wildman–Crippen LogP) is 4.23. The fourth-order valence-corrected chi connectivity index (χ4v) is 5.74. The summed E-state index contributed by atoms with van der Waals surface area (Å²) in [4.78, 5) is 27.5. The van der Waals surface area contributed by atoms with E-state index < -0.39 is 57.0 Å². The number of benzene rings is 2. The van der Waals surface area contributed by atoms with Crippen LogP contribution in [0.15, 0.2) is 60.7 Å². The number of rotatable bonds is 8. The highest BCUT2D eigenvalue weighted by atomic mass is 28.4. The van der Waals surface area contributed by atoms with E-state index in [1.807, 2.05) is 33.9 Å². The van der Waals surface area contributed by atoms with Gasteiger partial charge in [-0.2, -0.15) is 0 Å². The average molecular weight is 549 g/mol. The minimum absolute atomic E-state index is 0.0722. The van der Waals surface area contributed by atoms with E-state index in [0.29, 0.717) is 5.56 Å². The molecule has 10 heteroatoms. The smallest absolute Gasteiger partial charge is 0.338 e. The lowest BCUT2D eigenvalue weighted by molar-refractivity contribution is -0.191. The van der Waals surface area contributed by atoms with Gasteiger partial charge in [-0.1, -0.05) is 69.3 Å². The highest BCUT2D eigenvalue weighted by molar-refractivity contribution is 6.74. The fraction of sp³-hybridized carbons (Fsp3) is 0.500. The third-order valence-electron chi connectivity index (χ3n) is 7.53. The van der Waals surface area contributed by atoms with Crippen LogP contribution in [0, 0.1) is 0 Å². The number of nitrogens with one attached hydrogen (secondary N) is 1. The zero-order valence-corrected chi connectivity index (χ0v) is 23.7. The third-order valence-corrected chi connectivity index (χ3v) is 12.0. The molecule has 2 aromatic rings. The summed E-state index contributed by atoms with van der Waals surface area (Å²) in [6, 6.07) is 13.8. The van der Waals surface area contributed by atoms with Gasteiger partial charge in [-0.05, 0) is 35.8 Å². The molecule has 0 spiro atoms. The first kappa shape index (κ1) is 29.9. The molecule has 1 amide bonds. The van der Waals surface area contributed by atoms with Gasteiger partial charge in [0.15, 0.2) is 14.4 Å². The SMILES string of the molecule is CNC(=O)[C@@H]1[C@H](O)[C@@H](O[Si](C)(C)C(C)(C)C)[C@H](OC(=O)c2ccccc2)[C@@H](C(F)F)N1Cc1ccccc1. The van der Waals surface area contributed by atoms with Gasteiger partial charge in [0.1, 0.15) is 24.3 Å². The average Bonchev–Trinajstić information content (AvgIpc) is 2.86. The summed E-state index contributed by atoms with van der Waals surface area (Å²) in [5.74, 6) is -1.44. The summed E-state index contributed by atoms with van der Waals surface area (Å²) in [6.07, 6.45) is -7.46. The van der Waals surface area contributed by atoms with Gasteiger partial charge in [-0.3, -0.25) is 9.69 Å². The van der Waals surface area contributed by atoms with Gasteiger partial charge >= 0.3 is 5.97 Å². The Bertz CT molecular complexity index is 1080. The Labute approximate surface area is 224 Å². The van der Waals surface area contributed by atoms with Gasteiger partial charge < -0.3 is 19.6 Å². The van der Waals surface area contributed by atoms with Gasteiger partial charge in [0.05, 0.1) is 5.56 Å². The van der Waals surface area contributed by atoms with Crippen molar-refractivity contribution in [1.29, 1.82) is 0 Å². The Kier molecular flexibility index (Phi) is 9.46. The largest absolute Gasteiger partial charge is 0.454 e. The van der Waals surface area contributed by atoms with Gasteiger partial charge in [-0.15, -0.1) is 0 Å². The topological polar surface area (TPSA) is 88.1 Å². The Morgan fingerprint density at radius 2 is 1.58 bits per heavy atom. The van der Waals surface area contributed by atoms with Crippen molar-refractivity contribution >= 4 is 20.2 Å². The molecular formula is C28H38F2N2O5Si. The second-order valence-electron chi connectivity index (χ2n) is 11.1. The van der Waals surface area contributed by atoms with Crippen molar-refractivity contribution in [3.8, 4) is 0 Å². The highest BCUT2D eigenvalue weighted by Crippen LogP contribution is 2.41. The molecule has 7 nitrogen and oxygen atoms in total. The van der Waals surface area contributed by atoms with Crippen LogP contribution in [0.4, 0.5) is 8.78 Å². The number of likely N-dealkylation sites (N-methyl/N-ethyl adjacent to an activating group) is 1. The molecule has 1 saturated heterocycles. The van der Waals surface area contributed by atoms with E-state index in [9.17, 15) is 23.5 Å². The van der Waals surface area contributed by atoms with Crippen molar-refractivity contribution in [1.82, 2.24) is 10.2 Å². The first-order valence-corrected chi connectivity index (χ1v) is 15.6. The maximum atomic E-state index is 15.0. The molecule has 2 aromatic carbocycles. The van der Waals surface area contributed by atoms with Crippen LogP contribution in [0.5, 0.6) is 0 Å². The lowest BCUT2D eigenvalue weighted by atomic mass is 9.86. The van der Waals surface area contributed by atoms with Crippen molar-refractivity contribution in [3.63, 3.8) is 0 Å². The molecule has 0 unspecified atom stereocenters. The molecule has 0 saturated carbocycles. The molecule has 0 aromatic heterocycles. The zero-order chi connectivity index (χ0) is 28.3. The number of amides is 1. The van der Waals surface area contributed by atoms with Crippen molar-refractivity contribution in [2.45, 2.75) is 82.3 Å². The molecule has 1 heterocycles. The van der Waals surface area contributed by atoms with Crippen molar-refractivity contribution in [3.05, 3.63) is 71.8 Å². The van der Waals surface area contributed by atoms with Crippen LogP contribution in [0.3, 0.4) is 0 Å². The summed E-state index contributed by atoms with van der Waals surface area (Å²) in [6.45, 7) is 9.68. The van der Waals surface area contributed by atoms with Crippen molar-refractivity contribution in [2.75, 3.05) is 7.05 Å². The Morgan fingerprint density at radius 1 is 1.03 bits per heavy atom. The first-order chi connectivity index (χ1) is 17.8. The Balaban J connectivity index is 2.14. The lowest BCUT2D eigenvalue weighted by Crippen LogP contribution is -2.73. The quantitative estimate of drug-likeness (QED) is 0.379. The van der Waals surface area contributed by atoms with Crippen LogP contribution >= 0.6 is 0 Å². The Morgan fingerprint density at radius 3 is 2.08 bits per heavy atom. The third kappa shape index (κ3) is 6.48. The fourth-order valence-electron chi connectivity index (χ4n) is 4.43. The minimum Gasteiger partial charge on any atom is -0.454 e. The minimum atomic E-state index is -3.02. The maximum Gasteiger partial charge on any atom is 0.338 e. The van der Waals surface area contributed by atoms with Crippen LogP contribution in [0.1, 0.15) is 36.7 Å². The first-order valence-electron chi connectivity index (χ1n) is 12.7. The van der Waals surface area contributed by atoms with Crippen LogP contribution in [-0.4, -0.2) is 74.1 Å². The molecule has 1 aliphatic rings. The number of halogens is 2. The van der Waals surface area contributed by atoms with E-state index >= 15 is 0 Å². The molecular weight excluding hydrogens is 510 g/mol. The number of hydrogen-bond acceptors (Lipinski definition) is 6. The number of carbonyl (C=O) groups excluding carboxylic acids is 2. The molecule has 5 atom stereocenters. The number of aliphatic hydroxyl groups excluding tert-OH is 1. The molecule has 3 rings (SSSR count). The van der Waals surface area contributed by atoms with Crippen LogP contribution in [0.2, 0.25) is 18.1 Å². The maximum absolute atomic E-state index is 15.0. The second kappa shape index (κ2) is 12.0. The number of piperidine rings is 1. The van der Waals surface area contributed by atoms with Gasteiger partial charge in [0.25, 0.3) is 6.43 Å². The normalized spacial score (nSPS) is 24.7. The molecule has 0 radical (unpaired) electrons. The summed E-state index contributed by atoms with van der Waals surface area (Å²) < 4.78 is 42.2. The summed E-state index contributed by atoms with van der Waals surface area (Å²) in [5, 5.41) is 13.8. The highest BCUT2D eigenvalue weighted by Gasteiger charge is 2.58. The number of nitrogens with zero attached hydrogens (tertiary/aromatic N) is 1. The molecule has 2 N–H and O–H groups in total. The number of ether oxygens (including phenoxy) is 1. The van der Waals surface area contributed by atoms with Gasteiger partial charge in [-0.25, -0.2) is 13.6 Å². The van der Waals surface area contributed by atoms with E-state index in [4.69, 9.17) is 9.16 Å². The molecule has 1 fully saturated rings. The second-order valence-corrected chi connectivity index (χ2v) is 15.9. The van der Waals surface area contributed by atoms with Crippen LogP contribution in [0.25, 0.3) is 0 Å². The van der Waals surface area contributed by atoms with Crippen molar-refractivity contribution in [2.24, 2.45) is 0 Å². The molecule has 0 aliphatic carbocycles. The van der Waals surface area contributed by atoms with E-state index in [1.54, 1.807) is 48.5 Å². The lowest BCUT2D eigenvalue weighted by Gasteiger charge is -2.52. The van der Waals surface area contributed by atoms with E-state index in [2.05, 4.69) is 5.32 Å². The van der Waals surface area contributed by atoms with E-state index in [0.717, 1.165) is 0 Å². The summed E-state index contributed by atoms with van der Waals surface area (Å²) in [5.41, 5.74) is 0.847. The van der Waals surface area contributed by atoms with Crippen LogP contribution < -0.4 is 5.32 Å². The summed E-state index contributed by atoms with van der Waals surface area (Å²) in [7, 11) is -1.30. The predicted molar refractivity (Wildman–Crippen MR) is 143 cm³/mol. The molecule has 38 heavy (non-hydrogen) atoms. The Hall–Kier alpha value is -2.66.